The number of hydrogen-bond donors (Lipinski definition) is 0. The molecule has 0 radical (unpaired) electrons. The van der Waals surface area contributed by atoms with Crippen LogP contribution in [0.5, 0.6) is 5.75 Å². The Bertz CT molecular complexity index is 2040. The second-order valence-corrected chi connectivity index (χ2v) is 9.59. The van der Waals surface area contributed by atoms with Gasteiger partial charge in [-0.2, -0.15) is 0 Å². The van der Waals surface area contributed by atoms with Gasteiger partial charge in [-0.15, -0.1) is 0 Å². The fourth-order valence-corrected chi connectivity index (χ4v) is 5.85. The molecule has 0 amide bonds. The number of para-hydroxylation sites is 2. The number of carbonyl (C=O) groups is 2. The van der Waals surface area contributed by atoms with Crippen LogP contribution in [0.2, 0.25) is 0 Å². The Balaban J connectivity index is 1.55. The van der Waals surface area contributed by atoms with Crippen molar-refractivity contribution in [3.05, 3.63) is 137 Å². The average Bonchev–Trinajstić information content (AvgIpc) is 2.98. The fourth-order valence-electron chi connectivity index (χ4n) is 5.85. The van der Waals surface area contributed by atoms with Crippen molar-refractivity contribution in [2.24, 2.45) is 0 Å². The van der Waals surface area contributed by atoms with Gasteiger partial charge in [0.2, 0.25) is 5.78 Å². The molecule has 0 spiro atoms. The van der Waals surface area contributed by atoms with Gasteiger partial charge in [0.1, 0.15) is 5.75 Å². The van der Waals surface area contributed by atoms with E-state index in [1.165, 1.54) is 0 Å². The number of hydrogen-bond acceptors (Lipinski definition) is 5. The standard InChI is InChI=1S/C33H18N2O3/c36-30-20-13-5-6-14-21(20)31(37)33-27(30)25(18-10-2-1-3-11-18)26-29-28(34-23-16-8-9-17-24(23)35-29)19-12-4-7-15-22(19)32(26)38-33/h1-17,25H/t25-/m0/s1. The zero-order valence-corrected chi connectivity index (χ0v) is 20.0. The number of fused-ring (bicyclic) bond motifs is 8. The first-order chi connectivity index (χ1) is 18.7. The van der Waals surface area contributed by atoms with Crippen LogP contribution >= 0.6 is 0 Å². The van der Waals surface area contributed by atoms with Gasteiger partial charge >= 0.3 is 0 Å². The molecule has 1 aliphatic carbocycles. The maximum absolute atomic E-state index is 14.1. The van der Waals surface area contributed by atoms with Gasteiger partial charge in [-0.05, 0) is 17.7 Å². The van der Waals surface area contributed by atoms with Crippen LogP contribution in [0.1, 0.15) is 37.8 Å². The summed E-state index contributed by atoms with van der Waals surface area (Å²) in [5.74, 6) is -0.401. The first kappa shape index (κ1) is 21.0. The van der Waals surface area contributed by atoms with Crippen molar-refractivity contribution >= 4 is 44.4 Å². The molecule has 0 unspecified atom stereocenters. The third-order valence-corrected chi connectivity index (χ3v) is 7.52. The molecule has 1 aliphatic heterocycles. The number of ketones is 2. The maximum Gasteiger partial charge on any atom is 0.229 e. The summed E-state index contributed by atoms with van der Waals surface area (Å²) in [4.78, 5) is 38.0. The second-order valence-electron chi connectivity index (χ2n) is 9.59. The minimum Gasteiger partial charge on any atom is -0.452 e. The first-order valence-corrected chi connectivity index (χ1v) is 12.5. The fraction of sp³-hybridized carbons (Fsp3) is 0.0303. The van der Waals surface area contributed by atoms with Crippen molar-refractivity contribution in [2.75, 3.05) is 0 Å². The highest BCUT2D eigenvalue weighted by atomic mass is 16.5. The van der Waals surface area contributed by atoms with Crippen molar-refractivity contribution in [3.63, 3.8) is 0 Å². The van der Waals surface area contributed by atoms with Crippen LogP contribution in [0.15, 0.2) is 114 Å². The quantitative estimate of drug-likeness (QED) is 0.187. The summed E-state index contributed by atoms with van der Waals surface area (Å²) in [6.07, 6.45) is 0. The van der Waals surface area contributed by atoms with Gasteiger partial charge in [0.15, 0.2) is 11.5 Å². The molecule has 2 aliphatic rings. The van der Waals surface area contributed by atoms with E-state index in [0.717, 1.165) is 38.4 Å². The zero-order chi connectivity index (χ0) is 25.4. The van der Waals surface area contributed by atoms with E-state index in [-0.39, 0.29) is 17.3 Å². The molecule has 1 aromatic heterocycles. The van der Waals surface area contributed by atoms with E-state index in [1.54, 1.807) is 24.3 Å². The molecule has 0 saturated heterocycles. The van der Waals surface area contributed by atoms with E-state index in [4.69, 9.17) is 14.7 Å². The van der Waals surface area contributed by atoms with Crippen LogP contribution in [0.4, 0.5) is 0 Å². The predicted molar refractivity (Wildman–Crippen MR) is 146 cm³/mol. The van der Waals surface area contributed by atoms with Crippen molar-refractivity contribution < 1.29 is 14.3 Å². The number of aromatic nitrogens is 2. The lowest BCUT2D eigenvalue weighted by Crippen LogP contribution is -2.32. The maximum atomic E-state index is 14.1. The summed E-state index contributed by atoms with van der Waals surface area (Å²) in [5, 5.41) is 1.71. The minimum atomic E-state index is -0.553. The van der Waals surface area contributed by atoms with E-state index in [2.05, 4.69) is 0 Å². The molecule has 5 heteroatoms. The number of ether oxygens (including phenoxy) is 1. The molecular formula is C33H18N2O3. The number of Topliss-reactive ketones (excluding diaryl/α,β-unsaturated/α-hetero) is 2. The monoisotopic (exact) mass is 490 g/mol. The van der Waals surface area contributed by atoms with Crippen LogP contribution in [0, 0.1) is 0 Å². The first-order valence-electron chi connectivity index (χ1n) is 12.5. The number of nitrogens with zero attached hydrogens (tertiary/aromatic N) is 2. The molecule has 5 aromatic carbocycles. The summed E-state index contributed by atoms with van der Waals surface area (Å²) in [6, 6.07) is 32.4. The summed E-state index contributed by atoms with van der Waals surface area (Å²) >= 11 is 0. The highest BCUT2D eigenvalue weighted by molar-refractivity contribution is 6.28. The number of allylic oxidation sites excluding steroid dienone is 2. The van der Waals surface area contributed by atoms with Crippen molar-refractivity contribution in [2.45, 2.75) is 5.92 Å². The third-order valence-electron chi connectivity index (χ3n) is 7.52. The molecule has 0 bridgehead atoms. The van der Waals surface area contributed by atoms with Crippen LogP contribution < -0.4 is 4.74 Å². The van der Waals surface area contributed by atoms with E-state index in [1.807, 2.05) is 78.9 Å². The topological polar surface area (TPSA) is 69.2 Å². The van der Waals surface area contributed by atoms with Crippen LogP contribution in [0.25, 0.3) is 32.8 Å². The zero-order valence-electron chi connectivity index (χ0n) is 20.0. The van der Waals surface area contributed by atoms with Gasteiger partial charge in [0.25, 0.3) is 0 Å². The summed E-state index contributed by atoms with van der Waals surface area (Å²) in [6.45, 7) is 0. The molecule has 5 nitrogen and oxygen atoms in total. The number of rotatable bonds is 1. The molecule has 8 rings (SSSR count). The molecule has 0 saturated carbocycles. The lowest BCUT2D eigenvalue weighted by atomic mass is 9.74. The Hall–Kier alpha value is -5.16. The van der Waals surface area contributed by atoms with E-state index in [0.29, 0.717) is 28.0 Å². The minimum absolute atomic E-state index is 0.0910. The summed E-state index contributed by atoms with van der Waals surface area (Å²) in [7, 11) is 0. The van der Waals surface area contributed by atoms with Gasteiger partial charge in [0, 0.05) is 33.4 Å². The highest BCUT2D eigenvalue weighted by Crippen LogP contribution is 2.52. The van der Waals surface area contributed by atoms with Crippen molar-refractivity contribution in [3.8, 4) is 5.75 Å². The SMILES string of the molecule is O=C1C2=C(C(=O)c3ccccc31)[C@@H](c1ccccc1)c1c(c3ccccc3c3nc4ccccc4nc13)O2. The van der Waals surface area contributed by atoms with E-state index >= 15 is 0 Å². The smallest absolute Gasteiger partial charge is 0.229 e. The molecule has 178 valence electrons. The molecule has 6 aromatic rings. The molecule has 38 heavy (non-hydrogen) atoms. The Kier molecular flexibility index (Phi) is 4.23. The Morgan fingerprint density at radius 2 is 1.16 bits per heavy atom. The number of benzene rings is 5. The largest absolute Gasteiger partial charge is 0.452 e. The van der Waals surface area contributed by atoms with E-state index in [9.17, 15) is 9.59 Å². The Morgan fingerprint density at radius 1 is 0.579 bits per heavy atom. The van der Waals surface area contributed by atoms with Gasteiger partial charge < -0.3 is 4.74 Å². The van der Waals surface area contributed by atoms with E-state index < -0.39 is 5.92 Å². The Morgan fingerprint density at radius 3 is 1.89 bits per heavy atom. The van der Waals surface area contributed by atoms with Gasteiger partial charge in [0.05, 0.1) is 27.6 Å². The molecule has 1 atom stereocenters. The highest BCUT2D eigenvalue weighted by Gasteiger charge is 2.44. The van der Waals surface area contributed by atoms with Crippen molar-refractivity contribution in [1.82, 2.24) is 9.97 Å². The number of carbonyl (C=O) groups excluding carboxylic acids is 2. The molecule has 2 heterocycles. The Labute approximate surface area is 217 Å². The van der Waals surface area contributed by atoms with Crippen molar-refractivity contribution in [1.29, 1.82) is 0 Å². The lowest BCUT2D eigenvalue weighted by molar-refractivity contribution is 0.0928. The molecular weight excluding hydrogens is 472 g/mol. The van der Waals surface area contributed by atoms with Crippen LogP contribution in [0.3, 0.4) is 0 Å². The lowest BCUT2D eigenvalue weighted by Gasteiger charge is -2.34. The normalized spacial score (nSPS) is 16.4. The summed E-state index contributed by atoms with van der Waals surface area (Å²) in [5.41, 5.74) is 5.68. The predicted octanol–water partition coefficient (Wildman–Crippen LogP) is 6.79. The third kappa shape index (κ3) is 2.75. The molecule has 0 fully saturated rings. The van der Waals surface area contributed by atoms with Gasteiger partial charge in [-0.1, -0.05) is 91.0 Å². The van der Waals surface area contributed by atoms with Crippen LogP contribution in [-0.2, 0) is 0 Å². The second kappa shape index (κ2) is 7.67. The van der Waals surface area contributed by atoms with Crippen LogP contribution in [-0.4, -0.2) is 21.5 Å². The van der Waals surface area contributed by atoms with Gasteiger partial charge in [-0.3, -0.25) is 9.59 Å². The van der Waals surface area contributed by atoms with Gasteiger partial charge in [-0.25, -0.2) is 9.97 Å². The molecule has 0 N–H and O–H groups in total. The summed E-state index contributed by atoms with van der Waals surface area (Å²) < 4.78 is 6.50. The average molecular weight is 491 g/mol.